The van der Waals surface area contributed by atoms with E-state index in [1.807, 2.05) is 24.4 Å². The fourth-order valence-corrected chi connectivity index (χ4v) is 4.50. The molecule has 0 N–H and O–H groups in total. The van der Waals surface area contributed by atoms with Crippen molar-refractivity contribution in [3.8, 4) is 10.8 Å². The third kappa shape index (κ3) is 3.76. The first kappa shape index (κ1) is 16.1. The molecular weight excluding hydrogens is 333 g/mol. The molecule has 0 bridgehead atoms. The number of thiophene rings is 1. The summed E-state index contributed by atoms with van der Waals surface area (Å²) in [6.07, 6.45) is 2.28. The Balaban J connectivity index is 1.73. The second-order valence-corrected chi connectivity index (χ2v) is 7.66. The van der Waals surface area contributed by atoms with E-state index in [0.29, 0.717) is 23.8 Å². The highest BCUT2D eigenvalue weighted by atomic mass is 32.2. The van der Waals surface area contributed by atoms with Crippen molar-refractivity contribution in [2.75, 3.05) is 0 Å². The Hall–Kier alpha value is -1.79. The van der Waals surface area contributed by atoms with Crippen molar-refractivity contribution < 1.29 is 13.0 Å². The molecule has 0 spiro atoms. The summed E-state index contributed by atoms with van der Waals surface area (Å²) in [4.78, 5) is 5.36. The molecule has 0 aliphatic heterocycles. The lowest BCUT2D eigenvalue weighted by Gasteiger charge is -2.14. The molecule has 0 aliphatic carbocycles. The van der Waals surface area contributed by atoms with Gasteiger partial charge >= 0.3 is 0 Å². The minimum absolute atomic E-state index is 0.141. The van der Waals surface area contributed by atoms with E-state index in [2.05, 4.69) is 4.98 Å². The van der Waals surface area contributed by atoms with Crippen LogP contribution >= 0.6 is 11.3 Å². The van der Waals surface area contributed by atoms with Crippen LogP contribution < -0.4 is 0 Å². The molecule has 3 nitrogen and oxygen atoms in total. The van der Waals surface area contributed by atoms with E-state index in [1.54, 1.807) is 29.7 Å². The summed E-state index contributed by atoms with van der Waals surface area (Å²) in [5, 5.41) is 1.82. The van der Waals surface area contributed by atoms with Gasteiger partial charge in [-0.25, -0.2) is 9.37 Å². The molecule has 2 heterocycles. The van der Waals surface area contributed by atoms with Gasteiger partial charge in [-0.3, -0.25) is 4.21 Å². The minimum atomic E-state index is -1.14. The summed E-state index contributed by atoms with van der Waals surface area (Å²) in [6.45, 7) is 1.98. The third-order valence-corrected chi connectivity index (χ3v) is 6.18. The van der Waals surface area contributed by atoms with Crippen molar-refractivity contribution in [2.45, 2.75) is 24.3 Å². The standard InChI is InChI=1S/C17H16FNO2S2/c1-2-16(12-5-7-13(18)8-6-12)23(20)11-14-10-21-17(19-14)15-4-3-9-22-15/h3-10,16H,2,11H2,1H3/t16-,23+/m0/s1. The highest BCUT2D eigenvalue weighted by molar-refractivity contribution is 7.84. The molecule has 0 fully saturated rings. The third-order valence-electron chi connectivity index (χ3n) is 3.50. The van der Waals surface area contributed by atoms with Crippen molar-refractivity contribution in [1.29, 1.82) is 0 Å². The normalized spacial score (nSPS) is 13.8. The van der Waals surface area contributed by atoms with E-state index < -0.39 is 10.8 Å². The molecule has 0 unspecified atom stereocenters. The molecule has 0 saturated heterocycles. The maximum absolute atomic E-state index is 13.0. The van der Waals surface area contributed by atoms with Gasteiger partial charge in [-0.1, -0.05) is 25.1 Å². The Morgan fingerprint density at radius 2 is 2.09 bits per heavy atom. The predicted molar refractivity (Wildman–Crippen MR) is 91.1 cm³/mol. The lowest BCUT2D eigenvalue weighted by Crippen LogP contribution is -2.08. The SMILES string of the molecule is CC[C@@H](c1ccc(F)cc1)[S@](=O)Cc1coc(-c2cccs2)n1. The molecule has 0 radical (unpaired) electrons. The fraction of sp³-hybridized carbons (Fsp3) is 0.235. The summed E-state index contributed by atoms with van der Waals surface area (Å²) < 4.78 is 31.2. The Labute approximate surface area is 140 Å². The van der Waals surface area contributed by atoms with E-state index in [4.69, 9.17) is 4.42 Å². The van der Waals surface area contributed by atoms with E-state index in [9.17, 15) is 8.60 Å². The van der Waals surface area contributed by atoms with E-state index in [1.165, 1.54) is 12.1 Å². The number of hydrogen-bond donors (Lipinski definition) is 0. The summed E-state index contributed by atoms with van der Waals surface area (Å²) in [6, 6.07) is 10.1. The quantitative estimate of drug-likeness (QED) is 0.633. The number of rotatable bonds is 6. The number of halogens is 1. The average molecular weight is 349 g/mol. The van der Waals surface area contributed by atoms with Crippen molar-refractivity contribution in [3.63, 3.8) is 0 Å². The summed E-state index contributed by atoms with van der Waals surface area (Å²) >= 11 is 1.55. The lowest BCUT2D eigenvalue weighted by atomic mass is 10.1. The van der Waals surface area contributed by atoms with Crippen LogP contribution in [0.3, 0.4) is 0 Å². The summed E-state index contributed by atoms with van der Waals surface area (Å²) in [7, 11) is -1.14. The van der Waals surface area contributed by atoms with Gasteiger partial charge in [-0.15, -0.1) is 11.3 Å². The minimum Gasteiger partial charge on any atom is -0.444 e. The number of hydrogen-bond acceptors (Lipinski definition) is 4. The van der Waals surface area contributed by atoms with Crippen LogP contribution in [0.15, 0.2) is 52.5 Å². The van der Waals surface area contributed by atoms with Crippen molar-refractivity contribution in [3.05, 3.63) is 65.1 Å². The zero-order chi connectivity index (χ0) is 16.2. The highest BCUT2D eigenvalue weighted by Gasteiger charge is 2.19. The van der Waals surface area contributed by atoms with Crippen molar-refractivity contribution in [2.24, 2.45) is 0 Å². The van der Waals surface area contributed by atoms with Gasteiger partial charge in [0.2, 0.25) is 5.89 Å². The molecule has 2 atom stereocenters. The topological polar surface area (TPSA) is 43.1 Å². The van der Waals surface area contributed by atoms with Gasteiger partial charge in [0.05, 0.1) is 21.6 Å². The first-order chi connectivity index (χ1) is 11.2. The molecule has 0 saturated carbocycles. The van der Waals surface area contributed by atoms with Gasteiger partial charge in [-0.2, -0.15) is 0 Å². The first-order valence-corrected chi connectivity index (χ1v) is 9.54. The number of nitrogens with zero attached hydrogens (tertiary/aromatic N) is 1. The van der Waals surface area contributed by atoms with Crippen LogP contribution in [0.2, 0.25) is 0 Å². The van der Waals surface area contributed by atoms with Gasteiger partial charge in [0.1, 0.15) is 12.1 Å². The highest BCUT2D eigenvalue weighted by Crippen LogP contribution is 2.28. The summed E-state index contributed by atoms with van der Waals surface area (Å²) in [5.74, 6) is 0.596. The second kappa shape index (κ2) is 7.19. The molecular formula is C17H16FNO2S2. The number of aromatic nitrogens is 1. The maximum atomic E-state index is 13.0. The van der Waals surface area contributed by atoms with Gasteiger partial charge < -0.3 is 4.42 Å². The fourth-order valence-electron chi connectivity index (χ4n) is 2.38. The van der Waals surface area contributed by atoms with E-state index in [-0.39, 0.29) is 11.1 Å². The van der Waals surface area contributed by atoms with E-state index in [0.717, 1.165) is 10.4 Å². The van der Waals surface area contributed by atoms with Crippen LogP contribution in [0.5, 0.6) is 0 Å². The molecule has 0 aliphatic rings. The molecule has 3 rings (SSSR count). The largest absolute Gasteiger partial charge is 0.444 e. The predicted octanol–water partition coefficient (Wildman–Crippen LogP) is 4.94. The molecule has 0 amide bonds. The van der Waals surface area contributed by atoms with Crippen LogP contribution in [0.1, 0.15) is 29.9 Å². The Morgan fingerprint density at radius 3 is 2.74 bits per heavy atom. The zero-order valence-electron chi connectivity index (χ0n) is 12.6. The lowest BCUT2D eigenvalue weighted by molar-refractivity contribution is 0.574. The Kier molecular flexibility index (Phi) is 5.03. The Bertz CT molecular complexity index is 781. The zero-order valence-corrected chi connectivity index (χ0v) is 14.2. The number of oxazole rings is 1. The molecule has 120 valence electrons. The average Bonchev–Trinajstić information content (AvgIpc) is 3.21. The van der Waals surface area contributed by atoms with Crippen LogP contribution in [-0.4, -0.2) is 9.19 Å². The molecule has 6 heteroatoms. The van der Waals surface area contributed by atoms with Gasteiger partial charge in [0.15, 0.2) is 0 Å². The van der Waals surface area contributed by atoms with Crippen molar-refractivity contribution >= 4 is 22.1 Å². The van der Waals surface area contributed by atoms with Crippen molar-refractivity contribution in [1.82, 2.24) is 4.98 Å². The maximum Gasteiger partial charge on any atom is 0.236 e. The first-order valence-electron chi connectivity index (χ1n) is 7.28. The van der Waals surface area contributed by atoms with Crippen LogP contribution in [0.4, 0.5) is 4.39 Å². The summed E-state index contributed by atoms with van der Waals surface area (Å²) in [5.41, 5.74) is 1.56. The monoisotopic (exact) mass is 349 g/mol. The molecule has 3 aromatic rings. The number of benzene rings is 1. The molecule has 23 heavy (non-hydrogen) atoms. The second-order valence-electron chi connectivity index (χ2n) is 5.09. The van der Waals surface area contributed by atoms with Gasteiger partial charge in [-0.05, 0) is 35.6 Å². The molecule has 1 aromatic carbocycles. The van der Waals surface area contributed by atoms with Gasteiger partial charge in [0, 0.05) is 10.8 Å². The van der Waals surface area contributed by atoms with Crippen LogP contribution in [0, 0.1) is 5.82 Å². The smallest absolute Gasteiger partial charge is 0.236 e. The van der Waals surface area contributed by atoms with Crippen LogP contribution in [-0.2, 0) is 16.6 Å². The van der Waals surface area contributed by atoms with E-state index >= 15 is 0 Å². The molecule has 2 aromatic heterocycles. The Morgan fingerprint density at radius 1 is 1.30 bits per heavy atom. The van der Waals surface area contributed by atoms with Crippen LogP contribution in [0.25, 0.3) is 10.8 Å². The van der Waals surface area contributed by atoms with Gasteiger partial charge in [0.25, 0.3) is 0 Å².